The molecule has 0 radical (unpaired) electrons. The van der Waals surface area contributed by atoms with Crippen molar-refractivity contribution in [3.8, 4) is 11.6 Å². The summed E-state index contributed by atoms with van der Waals surface area (Å²) in [7, 11) is 1.67. The van der Waals surface area contributed by atoms with Crippen molar-refractivity contribution in [2.24, 2.45) is 17.3 Å². The Morgan fingerprint density at radius 3 is 2.47 bits per heavy atom. The van der Waals surface area contributed by atoms with Gasteiger partial charge in [-0.2, -0.15) is 0 Å². The number of likely N-dealkylation sites (tertiary alicyclic amines) is 1. The van der Waals surface area contributed by atoms with Crippen LogP contribution < -0.4 is 15.0 Å². The molecule has 1 aromatic heterocycles. The molecule has 2 amide bonds. The molecule has 1 atom stereocenters. The molecule has 1 saturated carbocycles. The number of amides is 2. The second-order valence-electron chi connectivity index (χ2n) is 15.0. The number of ether oxygens (including phenoxy) is 2. The highest BCUT2D eigenvalue weighted by Gasteiger charge is 2.48. The Morgan fingerprint density at radius 1 is 1.11 bits per heavy atom. The molecule has 2 spiro atoms. The molecule has 1 aromatic carbocycles. The van der Waals surface area contributed by atoms with Crippen LogP contribution in [0.1, 0.15) is 83.0 Å². The third kappa shape index (κ3) is 7.09. The molecule has 0 bridgehead atoms. The summed E-state index contributed by atoms with van der Waals surface area (Å²) in [4.78, 5) is 37.0. The van der Waals surface area contributed by atoms with E-state index in [4.69, 9.17) is 9.47 Å². The average molecular weight is 652 g/mol. The smallest absolute Gasteiger partial charge is 0.282 e. The number of methoxy groups -OCH3 is 1. The SMILES string of the molecule is COCC1CC2(CCC(CN3CCC4(CC3)CN(c3ncnnc3Oc3ccc(F)cc3C(=O)N(C(C)C)C(C)C)C4)CC2)NC1=O. The van der Waals surface area contributed by atoms with E-state index in [1.807, 2.05) is 27.7 Å². The lowest BCUT2D eigenvalue weighted by Crippen LogP contribution is -2.61. The fourth-order valence-electron chi connectivity index (χ4n) is 8.47. The standard InChI is InChI=1S/C35H50FN7O4/c1-23(2)43(24(3)4)33(45)28-16-27(36)6-7-29(28)47-32-30(37-22-38-40-32)42-20-34(21-42)12-14-41(15-13-34)18-25-8-10-35(11-9-25)17-26(19-46-5)31(44)39-35/h6-7,16,22-26H,8-15,17-21H2,1-5H3,(H,39,44). The number of carbonyl (C=O) groups is 2. The first-order valence-corrected chi connectivity index (χ1v) is 17.3. The first kappa shape index (κ1) is 33.5. The van der Waals surface area contributed by atoms with Crippen LogP contribution >= 0.6 is 0 Å². The minimum atomic E-state index is -0.507. The van der Waals surface area contributed by atoms with Gasteiger partial charge in [0.25, 0.3) is 11.8 Å². The van der Waals surface area contributed by atoms with E-state index in [2.05, 4.69) is 30.3 Å². The second kappa shape index (κ2) is 13.6. The van der Waals surface area contributed by atoms with Crippen molar-refractivity contribution < 1.29 is 23.5 Å². The van der Waals surface area contributed by atoms with Gasteiger partial charge >= 0.3 is 0 Å². The van der Waals surface area contributed by atoms with Crippen LogP contribution in [0.25, 0.3) is 0 Å². The van der Waals surface area contributed by atoms with Gasteiger partial charge in [0.2, 0.25) is 5.91 Å². The van der Waals surface area contributed by atoms with Gasteiger partial charge in [-0.05, 0) is 110 Å². The normalized spacial score (nSPS) is 25.8. The molecule has 11 nitrogen and oxygen atoms in total. The Hall–Kier alpha value is -3.38. The third-order valence-corrected chi connectivity index (χ3v) is 10.9. The van der Waals surface area contributed by atoms with Crippen LogP contribution in [0, 0.1) is 23.1 Å². The summed E-state index contributed by atoms with van der Waals surface area (Å²) in [6.45, 7) is 13.3. The van der Waals surface area contributed by atoms with E-state index in [-0.39, 0.29) is 58.0 Å². The first-order chi connectivity index (χ1) is 22.5. The van der Waals surface area contributed by atoms with Gasteiger partial charge in [0.1, 0.15) is 17.9 Å². The number of carbonyl (C=O) groups excluding carboxylic acids is 2. The summed E-state index contributed by atoms with van der Waals surface area (Å²) in [6, 6.07) is 3.85. The molecule has 256 valence electrons. The molecule has 1 aliphatic carbocycles. The van der Waals surface area contributed by atoms with Gasteiger partial charge in [-0.15, -0.1) is 10.2 Å². The molecule has 3 saturated heterocycles. The number of hydrogen-bond donors (Lipinski definition) is 1. The van der Waals surface area contributed by atoms with Crippen LogP contribution in [0.2, 0.25) is 0 Å². The lowest BCUT2D eigenvalue weighted by atomic mass is 9.71. The molecule has 4 heterocycles. The molecule has 1 unspecified atom stereocenters. The van der Waals surface area contributed by atoms with E-state index < -0.39 is 5.82 Å². The van der Waals surface area contributed by atoms with E-state index >= 15 is 0 Å². The number of piperidine rings is 1. The van der Waals surface area contributed by atoms with E-state index in [0.29, 0.717) is 18.3 Å². The quantitative estimate of drug-likeness (QED) is 0.392. The van der Waals surface area contributed by atoms with Gasteiger partial charge < -0.3 is 29.5 Å². The highest BCUT2D eigenvalue weighted by Crippen LogP contribution is 2.45. The van der Waals surface area contributed by atoms with Crippen molar-refractivity contribution in [3.63, 3.8) is 0 Å². The molecule has 12 heteroatoms. The molecule has 47 heavy (non-hydrogen) atoms. The van der Waals surface area contributed by atoms with Crippen LogP contribution in [0.5, 0.6) is 11.6 Å². The van der Waals surface area contributed by atoms with Crippen LogP contribution in [0.3, 0.4) is 0 Å². The maximum Gasteiger partial charge on any atom is 0.282 e. The first-order valence-electron chi connectivity index (χ1n) is 17.3. The predicted octanol–water partition coefficient (Wildman–Crippen LogP) is 4.68. The molecule has 4 aliphatic rings. The molecule has 2 aromatic rings. The number of halogens is 1. The van der Waals surface area contributed by atoms with Crippen LogP contribution in [-0.2, 0) is 9.53 Å². The average Bonchev–Trinajstić information content (AvgIpc) is 3.32. The van der Waals surface area contributed by atoms with Gasteiger partial charge in [0, 0.05) is 49.8 Å². The Morgan fingerprint density at radius 2 is 1.81 bits per heavy atom. The monoisotopic (exact) mass is 651 g/mol. The van der Waals surface area contributed by atoms with E-state index in [1.165, 1.54) is 24.5 Å². The van der Waals surface area contributed by atoms with Gasteiger partial charge in [-0.25, -0.2) is 9.37 Å². The fraction of sp³-hybridized carbons (Fsp3) is 0.686. The van der Waals surface area contributed by atoms with Crippen molar-refractivity contribution in [1.82, 2.24) is 30.3 Å². The van der Waals surface area contributed by atoms with E-state index in [0.717, 1.165) is 77.7 Å². The lowest BCUT2D eigenvalue weighted by molar-refractivity contribution is -0.124. The number of nitrogens with one attached hydrogen (secondary N) is 1. The zero-order valence-corrected chi connectivity index (χ0v) is 28.5. The summed E-state index contributed by atoms with van der Waals surface area (Å²) < 4.78 is 25.8. The summed E-state index contributed by atoms with van der Waals surface area (Å²) in [5.74, 6) is 1.05. The minimum Gasteiger partial charge on any atom is -0.434 e. The Labute approximate surface area is 277 Å². The Bertz CT molecular complexity index is 1420. The van der Waals surface area contributed by atoms with Crippen molar-refractivity contribution in [2.75, 3.05) is 51.3 Å². The molecule has 6 rings (SSSR count). The summed E-state index contributed by atoms with van der Waals surface area (Å²) >= 11 is 0. The summed E-state index contributed by atoms with van der Waals surface area (Å²) in [5.41, 5.74) is 0.353. The van der Waals surface area contributed by atoms with Crippen LogP contribution in [0.15, 0.2) is 24.5 Å². The number of benzene rings is 1. The van der Waals surface area contributed by atoms with Crippen molar-refractivity contribution in [3.05, 3.63) is 35.9 Å². The topological polar surface area (TPSA) is 113 Å². The second-order valence-corrected chi connectivity index (χ2v) is 15.0. The predicted molar refractivity (Wildman–Crippen MR) is 176 cm³/mol. The van der Waals surface area contributed by atoms with Crippen LogP contribution in [-0.4, -0.2) is 101 Å². The van der Waals surface area contributed by atoms with Crippen LogP contribution in [0.4, 0.5) is 10.2 Å². The molecule has 4 fully saturated rings. The number of hydrogen-bond acceptors (Lipinski definition) is 9. The van der Waals surface area contributed by atoms with Gasteiger partial charge in [0.05, 0.1) is 18.1 Å². The number of nitrogens with zero attached hydrogens (tertiary/aromatic N) is 6. The van der Waals surface area contributed by atoms with Gasteiger partial charge in [0.15, 0.2) is 5.82 Å². The minimum absolute atomic E-state index is 0.00683. The molecular formula is C35H50FN7O4. The third-order valence-electron chi connectivity index (χ3n) is 10.9. The highest BCUT2D eigenvalue weighted by atomic mass is 19.1. The van der Waals surface area contributed by atoms with Crippen molar-refractivity contribution in [1.29, 1.82) is 0 Å². The zero-order chi connectivity index (χ0) is 33.3. The van der Waals surface area contributed by atoms with E-state index in [9.17, 15) is 14.0 Å². The molecular weight excluding hydrogens is 601 g/mol. The summed E-state index contributed by atoms with van der Waals surface area (Å²) in [6.07, 6.45) is 9.02. The number of rotatable bonds is 10. The van der Waals surface area contributed by atoms with Crippen molar-refractivity contribution in [2.45, 2.75) is 90.3 Å². The Balaban J connectivity index is 1.03. The molecule has 1 N–H and O–H groups in total. The van der Waals surface area contributed by atoms with Gasteiger partial charge in [-0.1, -0.05) is 0 Å². The number of anilines is 1. The zero-order valence-electron chi connectivity index (χ0n) is 28.5. The Kier molecular flexibility index (Phi) is 9.71. The molecule has 3 aliphatic heterocycles. The largest absolute Gasteiger partial charge is 0.434 e. The highest BCUT2D eigenvalue weighted by molar-refractivity contribution is 5.97. The van der Waals surface area contributed by atoms with Gasteiger partial charge in [-0.3, -0.25) is 9.59 Å². The summed E-state index contributed by atoms with van der Waals surface area (Å²) in [5, 5.41) is 11.5. The van der Waals surface area contributed by atoms with E-state index in [1.54, 1.807) is 12.0 Å². The lowest BCUT2D eigenvalue weighted by Gasteiger charge is -2.54. The maximum atomic E-state index is 14.4. The fourth-order valence-corrected chi connectivity index (χ4v) is 8.47. The maximum absolute atomic E-state index is 14.4. The van der Waals surface area contributed by atoms with Crippen molar-refractivity contribution >= 4 is 17.6 Å². The number of aromatic nitrogens is 3.